The fourth-order valence-corrected chi connectivity index (χ4v) is 4.94. The molecule has 1 aliphatic rings. The molecule has 3 rings (SSSR count). The topological polar surface area (TPSA) is 87.7 Å². The fraction of sp³-hybridized carbons (Fsp3) is 0.500. The highest BCUT2D eigenvalue weighted by Gasteiger charge is 2.42. The molecule has 0 bridgehead atoms. The minimum Gasteiger partial charge on any atom is -0.444 e. The van der Waals surface area contributed by atoms with Gasteiger partial charge < -0.3 is 20.3 Å². The largest absolute Gasteiger partial charge is 0.444 e. The summed E-state index contributed by atoms with van der Waals surface area (Å²) in [4.78, 5) is 42.5. The molecule has 0 spiro atoms. The van der Waals surface area contributed by atoms with E-state index in [2.05, 4.69) is 23.3 Å². The molecule has 0 aliphatic heterocycles. The Kier molecular flexibility index (Phi) is 9.52. The van der Waals surface area contributed by atoms with E-state index in [-0.39, 0.29) is 23.6 Å². The first-order chi connectivity index (χ1) is 17.8. The van der Waals surface area contributed by atoms with E-state index in [1.807, 2.05) is 64.1 Å². The Balaban J connectivity index is 2.06. The molecule has 2 aromatic rings. The monoisotopic (exact) mass is 539 g/mol. The summed E-state index contributed by atoms with van der Waals surface area (Å²) in [6.45, 7) is 13.2. The zero-order valence-electron chi connectivity index (χ0n) is 23.6. The number of hydrogen-bond acceptors (Lipinski definition) is 5. The Morgan fingerprint density at radius 3 is 2.11 bits per heavy atom. The van der Waals surface area contributed by atoms with Crippen LogP contribution in [0.25, 0.3) is 0 Å². The zero-order chi connectivity index (χ0) is 28.2. The minimum atomic E-state index is -0.950. The van der Waals surface area contributed by atoms with Crippen LogP contribution >= 0.6 is 12.6 Å². The Bertz CT molecular complexity index is 1170. The molecule has 8 heteroatoms. The Hall–Kier alpha value is -3.00. The van der Waals surface area contributed by atoms with Crippen LogP contribution in [0.2, 0.25) is 0 Å². The number of alkyl carbamates (subject to hydrolysis) is 1. The van der Waals surface area contributed by atoms with Crippen LogP contribution in [0, 0.1) is 27.7 Å². The molecule has 38 heavy (non-hydrogen) atoms. The summed E-state index contributed by atoms with van der Waals surface area (Å²) in [5.41, 5.74) is 4.67. The SMILES string of the molecule is Cc1cccc(C(C(=O)Nc2c(C)cccc2C)N(C(=O)C(CS)NC(=O)OC(C)(C)C)C2CCC2)c1C. The second-order valence-electron chi connectivity index (χ2n) is 11.2. The molecule has 2 aromatic carbocycles. The average Bonchev–Trinajstić information content (AvgIpc) is 2.79. The van der Waals surface area contributed by atoms with Crippen LogP contribution in [0.15, 0.2) is 36.4 Å². The number of carbonyl (C=O) groups is 3. The van der Waals surface area contributed by atoms with E-state index in [0.29, 0.717) is 0 Å². The van der Waals surface area contributed by atoms with Crippen molar-refractivity contribution in [1.29, 1.82) is 0 Å². The van der Waals surface area contributed by atoms with E-state index < -0.39 is 23.8 Å². The van der Waals surface area contributed by atoms with Crippen LogP contribution in [-0.2, 0) is 14.3 Å². The summed E-state index contributed by atoms with van der Waals surface area (Å²) in [5, 5.41) is 5.81. The van der Waals surface area contributed by atoms with Crippen molar-refractivity contribution in [3.05, 3.63) is 64.2 Å². The van der Waals surface area contributed by atoms with Gasteiger partial charge in [-0.05, 0) is 95.5 Å². The molecule has 206 valence electrons. The van der Waals surface area contributed by atoms with Crippen molar-refractivity contribution in [1.82, 2.24) is 10.2 Å². The molecule has 0 saturated heterocycles. The molecule has 7 nitrogen and oxygen atoms in total. The average molecular weight is 540 g/mol. The number of aryl methyl sites for hydroxylation is 3. The lowest BCUT2D eigenvalue weighted by atomic mass is 9.86. The Labute approximate surface area is 232 Å². The van der Waals surface area contributed by atoms with Gasteiger partial charge in [-0.2, -0.15) is 12.6 Å². The number of nitrogens with zero attached hydrogens (tertiary/aromatic N) is 1. The molecule has 2 atom stereocenters. The second kappa shape index (κ2) is 12.2. The summed E-state index contributed by atoms with van der Waals surface area (Å²) in [7, 11) is 0. The van der Waals surface area contributed by atoms with Gasteiger partial charge in [0.05, 0.1) is 0 Å². The van der Waals surface area contributed by atoms with E-state index in [0.717, 1.165) is 52.8 Å². The van der Waals surface area contributed by atoms with Crippen LogP contribution in [0.4, 0.5) is 10.5 Å². The van der Waals surface area contributed by atoms with Crippen LogP contribution < -0.4 is 10.6 Å². The molecule has 1 aliphatic carbocycles. The van der Waals surface area contributed by atoms with Crippen LogP contribution in [0.1, 0.15) is 73.9 Å². The Morgan fingerprint density at radius 1 is 1.00 bits per heavy atom. The van der Waals surface area contributed by atoms with Gasteiger partial charge >= 0.3 is 6.09 Å². The van der Waals surface area contributed by atoms with Crippen molar-refractivity contribution < 1.29 is 19.1 Å². The van der Waals surface area contributed by atoms with E-state index in [1.54, 1.807) is 25.7 Å². The van der Waals surface area contributed by atoms with Crippen molar-refractivity contribution in [2.75, 3.05) is 11.1 Å². The normalized spacial score (nSPS) is 15.2. The van der Waals surface area contributed by atoms with Crippen LogP contribution in [0.5, 0.6) is 0 Å². The number of amides is 3. The number of para-hydroxylation sites is 1. The van der Waals surface area contributed by atoms with Gasteiger partial charge in [0.1, 0.15) is 17.7 Å². The minimum absolute atomic E-state index is 0.0688. The van der Waals surface area contributed by atoms with Crippen molar-refractivity contribution in [2.45, 2.75) is 91.5 Å². The molecular weight excluding hydrogens is 498 g/mol. The molecule has 3 amide bonds. The fourth-order valence-electron chi connectivity index (χ4n) is 4.69. The van der Waals surface area contributed by atoms with E-state index in [9.17, 15) is 14.4 Å². The van der Waals surface area contributed by atoms with Crippen molar-refractivity contribution in [3.8, 4) is 0 Å². The first kappa shape index (κ1) is 29.6. The van der Waals surface area contributed by atoms with Crippen molar-refractivity contribution >= 4 is 36.2 Å². The van der Waals surface area contributed by atoms with Gasteiger partial charge in [0, 0.05) is 17.5 Å². The van der Waals surface area contributed by atoms with Crippen LogP contribution in [0.3, 0.4) is 0 Å². The summed E-state index contributed by atoms with van der Waals surface area (Å²) in [5.74, 6) is -0.566. The lowest BCUT2D eigenvalue weighted by Gasteiger charge is -2.44. The van der Waals surface area contributed by atoms with Gasteiger partial charge in [-0.3, -0.25) is 9.59 Å². The molecular formula is C30H41N3O4S. The van der Waals surface area contributed by atoms with Gasteiger partial charge in [-0.15, -0.1) is 0 Å². The second-order valence-corrected chi connectivity index (χ2v) is 11.5. The summed E-state index contributed by atoms with van der Waals surface area (Å²) in [6.07, 6.45) is 1.85. The molecule has 0 radical (unpaired) electrons. The van der Waals surface area contributed by atoms with Gasteiger partial charge in [0.25, 0.3) is 5.91 Å². The third-order valence-electron chi connectivity index (χ3n) is 7.09. The standard InChI is InChI=1S/C30H41N3O4S/c1-18-11-9-16-23(21(18)4)26(27(34)32-25-19(2)12-8-13-20(25)3)33(22-14-10-15-22)28(35)24(17-38)31-29(36)37-30(5,6)7/h8-9,11-13,16,22,24,26,38H,10,14-15,17H2,1-7H3,(H,31,36)(H,32,34). The number of hydrogen-bond donors (Lipinski definition) is 3. The van der Waals surface area contributed by atoms with E-state index in [4.69, 9.17) is 4.74 Å². The van der Waals surface area contributed by atoms with Gasteiger partial charge in [-0.25, -0.2) is 4.79 Å². The highest BCUT2D eigenvalue weighted by atomic mass is 32.1. The predicted molar refractivity (Wildman–Crippen MR) is 155 cm³/mol. The maximum Gasteiger partial charge on any atom is 0.408 e. The zero-order valence-corrected chi connectivity index (χ0v) is 24.4. The Morgan fingerprint density at radius 2 is 1.58 bits per heavy atom. The predicted octanol–water partition coefficient (Wildman–Crippen LogP) is 5.80. The third-order valence-corrected chi connectivity index (χ3v) is 7.46. The number of nitrogens with one attached hydrogen (secondary N) is 2. The highest BCUT2D eigenvalue weighted by Crippen LogP contribution is 2.36. The first-order valence-electron chi connectivity index (χ1n) is 13.2. The lowest BCUT2D eigenvalue weighted by Crippen LogP contribution is -2.57. The highest BCUT2D eigenvalue weighted by molar-refractivity contribution is 7.80. The van der Waals surface area contributed by atoms with E-state index >= 15 is 0 Å². The molecule has 0 aromatic heterocycles. The summed E-state index contributed by atoms with van der Waals surface area (Å²) in [6, 6.07) is 9.71. The maximum absolute atomic E-state index is 14.2. The summed E-state index contributed by atoms with van der Waals surface area (Å²) < 4.78 is 5.40. The molecule has 1 fully saturated rings. The van der Waals surface area contributed by atoms with Crippen molar-refractivity contribution in [2.24, 2.45) is 0 Å². The number of anilines is 1. The maximum atomic E-state index is 14.2. The van der Waals surface area contributed by atoms with Crippen molar-refractivity contribution in [3.63, 3.8) is 0 Å². The molecule has 2 unspecified atom stereocenters. The number of thiol groups is 1. The van der Waals surface area contributed by atoms with Crippen LogP contribution in [-0.4, -0.2) is 46.2 Å². The smallest absolute Gasteiger partial charge is 0.408 e. The summed E-state index contributed by atoms with van der Waals surface area (Å²) >= 11 is 4.38. The first-order valence-corrected chi connectivity index (χ1v) is 13.8. The van der Waals surface area contributed by atoms with Gasteiger partial charge in [0.2, 0.25) is 5.91 Å². The van der Waals surface area contributed by atoms with E-state index in [1.165, 1.54) is 0 Å². The number of ether oxygens (including phenoxy) is 1. The lowest BCUT2D eigenvalue weighted by molar-refractivity contribution is -0.145. The third kappa shape index (κ3) is 6.90. The number of rotatable bonds is 8. The quantitative estimate of drug-likeness (QED) is 0.370. The number of carbonyl (C=O) groups excluding carboxylic acids is 3. The number of benzene rings is 2. The molecule has 0 heterocycles. The molecule has 2 N–H and O–H groups in total. The molecule has 1 saturated carbocycles. The van der Waals surface area contributed by atoms with Gasteiger partial charge in [-0.1, -0.05) is 36.4 Å². The van der Waals surface area contributed by atoms with Gasteiger partial charge in [0.15, 0.2) is 0 Å².